The smallest absolute Gasteiger partial charge is 0.216 e. The molecule has 0 unspecified atom stereocenters. The van der Waals surface area contributed by atoms with Crippen molar-refractivity contribution in [2.45, 2.75) is 0 Å². The van der Waals surface area contributed by atoms with Crippen molar-refractivity contribution in [1.82, 2.24) is 9.55 Å². The summed E-state index contributed by atoms with van der Waals surface area (Å²) in [5.74, 6) is 0.103. The third-order valence-corrected chi connectivity index (χ3v) is 4.52. The van der Waals surface area contributed by atoms with E-state index in [0.717, 1.165) is 5.69 Å². The number of para-hydroxylation sites is 1. The number of aliphatic imine (C=N–C) groups is 1. The molecule has 0 amide bonds. The molecule has 4 nitrogen and oxygen atoms in total. The van der Waals surface area contributed by atoms with Crippen molar-refractivity contribution in [2.24, 2.45) is 4.99 Å². The number of rotatable bonds is 3. The highest BCUT2D eigenvalue weighted by atomic mass is 32.1. The maximum atomic E-state index is 10.3. The highest BCUT2D eigenvalue weighted by molar-refractivity contribution is 7.73. The predicted molar refractivity (Wildman–Crippen MR) is 85.5 cm³/mol. The van der Waals surface area contributed by atoms with Gasteiger partial charge in [-0.05, 0) is 24.4 Å². The minimum atomic E-state index is 0.103. The van der Waals surface area contributed by atoms with Crippen LogP contribution in [0.1, 0.15) is 4.88 Å². The Hall–Kier alpha value is -1.83. The molecular formula is C13H9N3OS3. The van der Waals surface area contributed by atoms with Gasteiger partial charge in [0.05, 0.1) is 11.9 Å². The van der Waals surface area contributed by atoms with Crippen molar-refractivity contribution in [3.05, 3.63) is 50.7 Å². The standard InChI is InChI=1S/C13H9N3OS3/c17-11-10(8-15-12-14-6-7-19-12)20-13(18)16(11)9-4-2-1-3-5-9/h1-8,17H/b15-8-. The van der Waals surface area contributed by atoms with Crippen molar-refractivity contribution in [3.8, 4) is 11.6 Å². The zero-order valence-electron chi connectivity index (χ0n) is 10.1. The number of hydrogen-bond acceptors (Lipinski definition) is 6. The van der Waals surface area contributed by atoms with E-state index < -0.39 is 0 Å². The van der Waals surface area contributed by atoms with Crippen LogP contribution in [0.2, 0.25) is 0 Å². The van der Waals surface area contributed by atoms with Crippen LogP contribution < -0.4 is 0 Å². The van der Waals surface area contributed by atoms with E-state index in [-0.39, 0.29) is 5.88 Å². The molecule has 0 bridgehead atoms. The van der Waals surface area contributed by atoms with Crippen LogP contribution in [0.15, 0.2) is 46.9 Å². The summed E-state index contributed by atoms with van der Waals surface area (Å²) in [6.45, 7) is 0. The highest BCUT2D eigenvalue weighted by Gasteiger charge is 2.11. The van der Waals surface area contributed by atoms with Gasteiger partial charge in [-0.1, -0.05) is 29.5 Å². The fourth-order valence-electron chi connectivity index (χ4n) is 1.66. The fourth-order valence-corrected chi connectivity index (χ4v) is 3.36. The Morgan fingerprint density at radius 2 is 2.10 bits per heavy atom. The van der Waals surface area contributed by atoms with E-state index >= 15 is 0 Å². The number of benzene rings is 1. The van der Waals surface area contributed by atoms with Crippen LogP contribution >= 0.6 is 34.9 Å². The fraction of sp³-hybridized carbons (Fsp3) is 0. The lowest BCUT2D eigenvalue weighted by Gasteiger charge is -2.03. The quantitative estimate of drug-likeness (QED) is 0.582. The highest BCUT2D eigenvalue weighted by Crippen LogP contribution is 2.28. The summed E-state index contributed by atoms with van der Waals surface area (Å²) >= 11 is 8.05. The third-order valence-electron chi connectivity index (χ3n) is 2.54. The van der Waals surface area contributed by atoms with Crippen molar-refractivity contribution >= 4 is 46.2 Å². The molecular weight excluding hydrogens is 310 g/mol. The molecule has 0 radical (unpaired) electrons. The van der Waals surface area contributed by atoms with Gasteiger partial charge >= 0.3 is 0 Å². The molecule has 2 aromatic heterocycles. The number of aromatic hydroxyl groups is 1. The molecule has 0 saturated heterocycles. The molecule has 1 N–H and O–H groups in total. The van der Waals surface area contributed by atoms with E-state index in [4.69, 9.17) is 12.2 Å². The lowest BCUT2D eigenvalue weighted by Crippen LogP contribution is -1.92. The molecule has 1 aromatic carbocycles. The van der Waals surface area contributed by atoms with E-state index in [1.54, 1.807) is 17.0 Å². The van der Waals surface area contributed by atoms with Gasteiger partial charge in [0.1, 0.15) is 4.88 Å². The third kappa shape index (κ3) is 2.55. The second kappa shape index (κ2) is 5.66. The summed E-state index contributed by atoms with van der Waals surface area (Å²) in [6, 6.07) is 9.50. The second-order valence-corrected chi connectivity index (χ2v) is 6.35. The van der Waals surface area contributed by atoms with Crippen LogP contribution in [0.5, 0.6) is 5.88 Å². The molecule has 20 heavy (non-hydrogen) atoms. The first-order valence-corrected chi connectivity index (χ1v) is 7.80. The van der Waals surface area contributed by atoms with Gasteiger partial charge in [-0.2, -0.15) is 0 Å². The summed E-state index contributed by atoms with van der Waals surface area (Å²) in [5, 5.41) is 12.8. The van der Waals surface area contributed by atoms with E-state index in [1.807, 2.05) is 35.7 Å². The first-order valence-electron chi connectivity index (χ1n) is 5.69. The molecule has 3 aromatic rings. The van der Waals surface area contributed by atoms with Crippen LogP contribution in [0.4, 0.5) is 5.13 Å². The lowest BCUT2D eigenvalue weighted by atomic mass is 10.3. The van der Waals surface area contributed by atoms with Crippen LogP contribution in [0.3, 0.4) is 0 Å². The molecule has 0 fully saturated rings. The zero-order valence-corrected chi connectivity index (χ0v) is 12.6. The Morgan fingerprint density at radius 3 is 2.80 bits per heavy atom. The van der Waals surface area contributed by atoms with Gasteiger partial charge in [-0.25, -0.2) is 9.98 Å². The Balaban J connectivity index is 2.01. The monoisotopic (exact) mass is 319 g/mol. The van der Waals surface area contributed by atoms with Crippen LogP contribution in [-0.2, 0) is 0 Å². The maximum Gasteiger partial charge on any atom is 0.216 e. The predicted octanol–water partition coefficient (Wildman–Crippen LogP) is 4.18. The Morgan fingerprint density at radius 1 is 1.30 bits per heavy atom. The normalized spacial score (nSPS) is 11.2. The summed E-state index contributed by atoms with van der Waals surface area (Å²) in [6.07, 6.45) is 3.28. The summed E-state index contributed by atoms with van der Waals surface area (Å²) < 4.78 is 2.21. The zero-order chi connectivity index (χ0) is 13.9. The van der Waals surface area contributed by atoms with E-state index in [9.17, 15) is 5.11 Å². The topological polar surface area (TPSA) is 50.4 Å². The van der Waals surface area contributed by atoms with Gasteiger partial charge in [0.2, 0.25) is 11.0 Å². The van der Waals surface area contributed by atoms with Gasteiger partial charge in [-0.15, -0.1) is 11.3 Å². The van der Waals surface area contributed by atoms with Gasteiger partial charge in [0.25, 0.3) is 0 Å². The van der Waals surface area contributed by atoms with Gasteiger partial charge < -0.3 is 5.11 Å². The van der Waals surface area contributed by atoms with E-state index in [2.05, 4.69) is 9.98 Å². The molecule has 100 valence electrons. The molecule has 7 heteroatoms. The lowest BCUT2D eigenvalue weighted by molar-refractivity contribution is 0.441. The molecule has 2 heterocycles. The average Bonchev–Trinajstić information content (AvgIpc) is 3.06. The second-order valence-electron chi connectivity index (χ2n) is 3.80. The van der Waals surface area contributed by atoms with E-state index in [0.29, 0.717) is 14.0 Å². The van der Waals surface area contributed by atoms with Gasteiger partial charge in [0, 0.05) is 11.6 Å². The average molecular weight is 319 g/mol. The number of hydrogen-bond donors (Lipinski definition) is 1. The summed E-state index contributed by atoms with van der Waals surface area (Å²) in [7, 11) is 0. The molecule has 0 aliphatic rings. The minimum absolute atomic E-state index is 0.103. The molecule has 0 spiro atoms. The van der Waals surface area contributed by atoms with E-state index in [1.165, 1.54) is 22.7 Å². The number of thiazole rings is 2. The summed E-state index contributed by atoms with van der Waals surface area (Å²) in [4.78, 5) is 8.90. The number of aromatic nitrogens is 2. The minimum Gasteiger partial charge on any atom is -0.493 e. The molecule has 0 aliphatic heterocycles. The Kier molecular flexibility index (Phi) is 3.72. The maximum absolute atomic E-state index is 10.3. The molecule has 0 atom stereocenters. The van der Waals surface area contributed by atoms with Crippen molar-refractivity contribution in [1.29, 1.82) is 0 Å². The summed E-state index contributed by atoms with van der Waals surface area (Å²) in [5.41, 5.74) is 0.833. The van der Waals surface area contributed by atoms with Crippen molar-refractivity contribution in [3.63, 3.8) is 0 Å². The van der Waals surface area contributed by atoms with Crippen LogP contribution in [0, 0.1) is 3.95 Å². The van der Waals surface area contributed by atoms with Gasteiger partial charge in [0.15, 0.2) is 3.95 Å². The van der Waals surface area contributed by atoms with Crippen molar-refractivity contribution < 1.29 is 5.11 Å². The largest absolute Gasteiger partial charge is 0.493 e. The van der Waals surface area contributed by atoms with Crippen LogP contribution in [-0.4, -0.2) is 20.9 Å². The van der Waals surface area contributed by atoms with Crippen molar-refractivity contribution in [2.75, 3.05) is 0 Å². The van der Waals surface area contributed by atoms with Gasteiger partial charge in [-0.3, -0.25) is 4.57 Å². The number of nitrogens with zero attached hydrogens (tertiary/aromatic N) is 3. The molecule has 0 aliphatic carbocycles. The SMILES string of the molecule is Oc1c(/C=N\c2nccs2)sc(=S)n1-c1ccccc1. The first kappa shape index (κ1) is 13.2. The Labute approximate surface area is 128 Å². The Bertz CT molecular complexity index is 788. The molecule has 3 rings (SSSR count). The molecule has 0 saturated carbocycles. The first-order chi connectivity index (χ1) is 9.75. The van der Waals surface area contributed by atoms with Crippen LogP contribution in [0.25, 0.3) is 5.69 Å².